The highest BCUT2D eigenvalue weighted by atomic mass is 15.3. The Morgan fingerprint density at radius 1 is 1.00 bits per heavy atom. The van der Waals surface area contributed by atoms with Gasteiger partial charge in [-0.3, -0.25) is 0 Å². The van der Waals surface area contributed by atoms with Gasteiger partial charge in [-0.15, -0.1) is 0 Å². The van der Waals surface area contributed by atoms with E-state index in [0.29, 0.717) is 0 Å². The molecule has 0 atom stereocenters. The van der Waals surface area contributed by atoms with Crippen LogP contribution in [0, 0.1) is 0 Å². The molecule has 2 aliphatic heterocycles. The third-order valence-electron chi connectivity index (χ3n) is 3.67. The molecule has 0 saturated carbocycles. The van der Waals surface area contributed by atoms with Crippen LogP contribution in [-0.2, 0) is 26.2 Å². The third-order valence-corrected chi connectivity index (χ3v) is 3.67. The van der Waals surface area contributed by atoms with Crippen LogP contribution in [0.25, 0.3) is 0 Å². The number of benzene rings is 1. The summed E-state index contributed by atoms with van der Waals surface area (Å²) in [6, 6.07) is 8.56. The van der Waals surface area contributed by atoms with Crippen LogP contribution < -0.4 is 10.2 Å². The molecule has 0 amide bonds. The van der Waals surface area contributed by atoms with Gasteiger partial charge in [-0.2, -0.15) is 0 Å². The zero-order valence-corrected chi connectivity index (χ0v) is 10.1. The maximum Gasteiger partial charge on any atom is 0.226 e. The van der Waals surface area contributed by atoms with Crippen LogP contribution in [0.15, 0.2) is 30.5 Å². The minimum absolute atomic E-state index is 0.855. The monoisotopic (exact) mass is 238 g/mol. The highest BCUT2D eigenvalue weighted by Crippen LogP contribution is 2.26. The Morgan fingerprint density at radius 2 is 1.78 bits per heavy atom. The Hall–Kier alpha value is -1.94. The van der Waals surface area contributed by atoms with Crippen molar-refractivity contribution < 1.29 is 0 Å². The van der Waals surface area contributed by atoms with Crippen LogP contribution in [0.1, 0.15) is 22.4 Å². The fraction of sp³-hybridized carbons (Fsp3) is 0.286. The van der Waals surface area contributed by atoms with Gasteiger partial charge in [0.05, 0.1) is 5.69 Å². The molecule has 0 unspecified atom stereocenters. The molecule has 3 heterocycles. The second kappa shape index (κ2) is 3.78. The van der Waals surface area contributed by atoms with Crippen molar-refractivity contribution in [2.75, 3.05) is 4.90 Å². The molecule has 0 saturated heterocycles. The summed E-state index contributed by atoms with van der Waals surface area (Å²) >= 11 is 0. The molecular formula is C14H14N4. The first-order chi connectivity index (χ1) is 8.90. The largest absolute Gasteiger partial charge is 0.332 e. The molecule has 0 aliphatic carbocycles. The van der Waals surface area contributed by atoms with E-state index in [1.165, 1.54) is 16.7 Å². The molecule has 0 radical (unpaired) electrons. The first-order valence-corrected chi connectivity index (χ1v) is 6.27. The smallest absolute Gasteiger partial charge is 0.226 e. The zero-order valence-electron chi connectivity index (χ0n) is 10.1. The molecule has 18 heavy (non-hydrogen) atoms. The van der Waals surface area contributed by atoms with E-state index in [1.54, 1.807) is 0 Å². The lowest BCUT2D eigenvalue weighted by Crippen LogP contribution is -2.18. The number of aromatic nitrogens is 2. The Bertz CT molecular complexity index is 583. The molecule has 2 aliphatic rings. The van der Waals surface area contributed by atoms with E-state index in [0.717, 1.165) is 37.8 Å². The van der Waals surface area contributed by atoms with Crippen LogP contribution in [0.4, 0.5) is 5.95 Å². The average molecular weight is 238 g/mol. The number of fused-ring (bicyclic) bond motifs is 2. The molecular weight excluding hydrogens is 224 g/mol. The maximum atomic E-state index is 4.67. The molecule has 0 spiro atoms. The lowest BCUT2D eigenvalue weighted by Gasteiger charge is -2.15. The lowest BCUT2D eigenvalue weighted by atomic mass is 10.1. The number of hydrogen-bond acceptors (Lipinski definition) is 4. The Labute approximate surface area is 106 Å². The number of hydrogen-bond donors (Lipinski definition) is 1. The minimum atomic E-state index is 0.855. The summed E-state index contributed by atoms with van der Waals surface area (Å²) in [6.45, 7) is 3.60. The van der Waals surface area contributed by atoms with Gasteiger partial charge in [0.1, 0.15) is 0 Å². The Morgan fingerprint density at radius 3 is 2.56 bits per heavy atom. The molecule has 4 heteroatoms. The zero-order chi connectivity index (χ0) is 11.9. The minimum Gasteiger partial charge on any atom is -0.332 e. The van der Waals surface area contributed by atoms with E-state index in [-0.39, 0.29) is 0 Å². The van der Waals surface area contributed by atoms with Gasteiger partial charge >= 0.3 is 0 Å². The fourth-order valence-corrected chi connectivity index (χ4v) is 2.67. The van der Waals surface area contributed by atoms with Crippen molar-refractivity contribution in [1.82, 2.24) is 15.3 Å². The molecule has 2 aromatic rings. The van der Waals surface area contributed by atoms with Crippen LogP contribution >= 0.6 is 0 Å². The van der Waals surface area contributed by atoms with E-state index >= 15 is 0 Å². The quantitative estimate of drug-likeness (QED) is 0.819. The summed E-state index contributed by atoms with van der Waals surface area (Å²) in [4.78, 5) is 11.4. The summed E-state index contributed by atoms with van der Waals surface area (Å²) in [5, 5.41) is 3.30. The van der Waals surface area contributed by atoms with Crippen LogP contribution in [0.5, 0.6) is 0 Å². The van der Waals surface area contributed by atoms with Gasteiger partial charge in [0.15, 0.2) is 0 Å². The Balaban J connectivity index is 1.66. The van der Waals surface area contributed by atoms with Gasteiger partial charge in [0.2, 0.25) is 5.95 Å². The van der Waals surface area contributed by atoms with Gasteiger partial charge in [-0.05, 0) is 11.1 Å². The molecule has 1 aromatic heterocycles. The summed E-state index contributed by atoms with van der Waals surface area (Å²) in [7, 11) is 0. The Kier molecular flexibility index (Phi) is 2.11. The van der Waals surface area contributed by atoms with Crippen LogP contribution in [0.3, 0.4) is 0 Å². The van der Waals surface area contributed by atoms with E-state index < -0.39 is 0 Å². The summed E-state index contributed by atoms with van der Waals surface area (Å²) in [5.41, 5.74) is 5.16. The predicted molar refractivity (Wildman–Crippen MR) is 68.9 cm³/mol. The first-order valence-electron chi connectivity index (χ1n) is 6.27. The fourth-order valence-electron chi connectivity index (χ4n) is 2.67. The van der Waals surface area contributed by atoms with E-state index in [1.807, 2.05) is 6.20 Å². The number of nitrogens with one attached hydrogen (secondary N) is 1. The van der Waals surface area contributed by atoms with E-state index in [2.05, 4.69) is 44.5 Å². The molecule has 0 bridgehead atoms. The van der Waals surface area contributed by atoms with Crippen molar-refractivity contribution in [2.45, 2.75) is 26.2 Å². The molecule has 0 fully saturated rings. The number of anilines is 1. The average Bonchev–Trinajstić information content (AvgIpc) is 3.04. The topological polar surface area (TPSA) is 41.1 Å². The third kappa shape index (κ3) is 1.49. The van der Waals surface area contributed by atoms with Crippen molar-refractivity contribution >= 4 is 5.95 Å². The second-order valence-corrected chi connectivity index (χ2v) is 4.87. The second-order valence-electron chi connectivity index (χ2n) is 4.87. The number of nitrogens with zero attached hydrogens (tertiary/aromatic N) is 3. The number of rotatable bonds is 1. The van der Waals surface area contributed by atoms with Gasteiger partial charge in [0, 0.05) is 37.9 Å². The summed E-state index contributed by atoms with van der Waals surface area (Å²) in [5.74, 6) is 0.855. The van der Waals surface area contributed by atoms with Crippen molar-refractivity contribution in [3.05, 3.63) is 52.8 Å². The normalized spacial score (nSPS) is 16.8. The van der Waals surface area contributed by atoms with Crippen molar-refractivity contribution in [1.29, 1.82) is 0 Å². The van der Waals surface area contributed by atoms with Crippen LogP contribution in [-0.4, -0.2) is 9.97 Å². The maximum absolute atomic E-state index is 4.67. The van der Waals surface area contributed by atoms with Gasteiger partial charge in [-0.1, -0.05) is 24.3 Å². The molecule has 1 N–H and O–H groups in total. The predicted octanol–water partition coefficient (Wildman–Crippen LogP) is 1.60. The van der Waals surface area contributed by atoms with Crippen LogP contribution in [0.2, 0.25) is 0 Å². The van der Waals surface area contributed by atoms with Crippen molar-refractivity contribution in [3.8, 4) is 0 Å². The van der Waals surface area contributed by atoms with Crippen molar-refractivity contribution in [3.63, 3.8) is 0 Å². The first kappa shape index (κ1) is 10.0. The van der Waals surface area contributed by atoms with Gasteiger partial charge in [-0.25, -0.2) is 9.97 Å². The van der Waals surface area contributed by atoms with Gasteiger partial charge < -0.3 is 10.2 Å². The SMILES string of the molecule is c1ccc2c(c1)CN(c1ncc3c(n1)CNC3)C2. The molecule has 1 aromatic carbocycles. The molecule has 4 nitrogen and oxygen atoms in total. The van der Waals surface area contributed by atoms with E-state index in [9.17, 15) is 0 Å². The van der Waals surface area contributed by atoms with Crippen molar-refractivity contribution in [2.24, 2.45) is 0 Å². The lowest BCUT2D eigenvalue weighted by molar-refractivity contribution is 0.755. The van der Waals surface area contributed by atoms with E-state index in [4.69, 9.17) is 0 Å². The highest BCUT2D eigenvalue weighted by Gasteiger charge is 2.22. The summed E-state index contributed by atoms with van der Waals surface area (Å²) < 4.78 is 0. The molecule has 4 rings (SSSR count). The van der Waals surface area contributed by atoms with Gasteiger partial charge in [0.25, 0.3) is 0 Å². The summed E-state index contributed by atoms with van der Waals surface area (Å²) in [6.07, 6.45) is 1.96. The standard InChI is InChI=1S/C14H14N4/c1-2-4-11-9-18(8-10(11)3-1)14-16-6-12-5-15-7-13(12)17-14/h1-4,6,15H,5,7-9H2. The molecule has 90 valence electrons. The highest BCUT2D eigenvalue weighted by molar-refractivity contribution is 5.44.